The Morgan fingerprint density at radius 1 is 1.25 bits per heavy atom. The van der Waals surface area contributed by atoms with Crippen molar-refractivity contribution in [1.29, 1.82) is 0 Å². The van der Waals surface area contributed by atoms with E-state index in [1.807, 2.05) is 24.3 Å². The predicted molar refractivity (Wildman–Crippen MR) is 80.7 cm³/mol. The number of hydrogen-bond acceptors (Lipinski definition) is 4. The number of carbonyl (C=O) groups is 1. The van der Waals surface area contributed by atoms with Crippen molar-refractivity contribution in [3.8, 4) is 0 Å². The Bertz CT molecular complexity index is 428. The first-order chi connectivity index (χ1) is 9.74. The van der Waals surface area contributed by atoms with Gasteiger partial charge in [-0.1, -0.05) is 12.1 Å². The van der Waals surface area contributed by atoms with Gasteiger partial charge >= 0.3 is 0 Å². The summed E-state index contributed by atoms with van der Waals surface area (Å²) in [5.41, 5.74) is 7.45. The molecule has 1 aliphatic heterocycles. The lowest BCUT2D eigenvalue weighted by molar-refractivity contribution is -0.118. The predicted octanol–water partition coefficient (Wildman–Crippen LogP) is 1.88. The largest absolute Gasteiger partial charge is 0.399 e. The highest BCUT2D eigenvalue weighted by atomic mass is 16.5. The molecule has 1 aromatic carbocycles. The first-order valence-electron chi connectivity index (χ1n) is 7.40. The van der Waals surface area contributed by atoms with Crippen LogP contribution in [0.3, 0.4) is 0 Å². The van der Waals surface area contributed by atoms with Crippen molar-refractivity contribution in [3.63, 3.8) is 0 Å². The molecule has 0 bridgehead atoms. The van der Waals surface area contributed by atoms with Crippen LogP contribution in [0.2, 0.25) is 0 Å². The minimum Gasteiger partial charge on any atom is -0.399 e. The van der Waals surface area contributed by atoms with Gasteiger partial charge in [0.05, 0.1) is 13.2 Å². The van der Waals surface area contributed by atoms with Gasteiger partial charge in [-0.3, -0.25) is 9.69 Å². The van der Waals surface area contributed by atoms with Crippen LogP contribution in [0.25, 0.3) is 0 Å². The number of Topliss-reactive ketones (excluding diaryl/α,β-unsaturated/α-hetero) is 1. The molecule has 1 fully saturated rings. The molecule has 0 unspecified atom stereocenters. The third-order valence-electron chi connectivity index (χ3n) is 3.64. The van der Waals surface area contributed by atoms with Crippen LogP contribution in [0, 0.1) is 0 Å². The lowest BCUT2D eigenvalue weighted by Crippen LogP contribution is -2.36. The first kappa shape index (κ1) is 15.0. The van der Waals surface area contributed by atoms with Crippen LogP contribution in [0.5, 0.6) is 0 Å². The summed E-state index contributed by atoms with van der Waals surface area (Å²) in [6.45, 7) is 4.81. The van der Waals surface area contributed by atoms with Crippen LogP contribution in [-0.4, -0.2) is 43.5 Å². The van der Waals surface area contributed by atoms with E-state index in [0.717, 1.165) is 56.9 Å². The van der Waals surface area contributed by atoms with Crippen LogP contribution in [0.15, 0.2) is 24.3 Å². The fourth-order valence-corrected chi connectivity index (χ4v) is 2.50. The minimum atomic E-state index is 0.303. The van der Waals surface area contributed by atoms with Crippen molar-refractivity contribution in [3.05, 3.63) is 29.8 Å². The fourth-order valence-electron chi connectivity index (χ4n) is 2.50. The molecule has 1 heterocycles. The highest BCUT2D eigenvalue weighted by Crippen LogP contribution is 2.10. The lowest BCUT2D eigenvalue weighted by atomic mass is 10.0. The average Bonchev–Trinajstić information content (AvgIpc) is 2.45. The van der Waals surface area contributed by atoms with Gasteiger partial charge in [0.2, 0.25) is 0 Å². The molecule has 1 aliphatic rings. The number of benzene rings is 1. The number of morpholine rings is 1. The molecule has 2 N–H and O–H groups in total. The van der Waals surface area contributed by atoms with Gasteiger partial charge in [0.25, 0.3) is 0 Å². The second-order valence-corrected chi connectivity index (χ2v) is 5.37. The number of unbranched alkanes of at least 4 members (excludes halogenated alkanes) is 1. The zero-order chi connectivity index (χ0) is 14.2. The smallest absolute Gasteiger partial charge is 0.137 e. The van der Waals surface area contributed by atoms with E-state index in [2.05, 4.69) is 4.90 Å². The second-order valence-electron chi connectivity index (χ2n) is 5.37. The molecule has 0 saturated carbocycles. The topological polar surface area (TPSA) is 55.6 Å². The Morgan fingerprint density at radius 3 is 2.80 bits per heavy atom. The Balaban J connectivity index is 1.60. The summed E-state index contributed by atoms with van der Waals surface area (Å²) >= 11 is 0. The van der Waals surface area contributed by atoms with E-state index in [0.29, 0.717) is 18.6 Å². The highest BCUT2D eigenvalue weighted by molar-refractivity contribution is 5.81. The van der Waals surface area contributed by atoms with Crippen molar-refractivity contribution in [2.24, 2.45) is 0 Å². The van der Waals surface area contributed by atoms with Crippen molar-refractivity contribution in [1.82, 2.24) is 4.90 Å². The quantitative estimate of drug-likeness (QED) is 0.610. The van der Waals surface area contributed by atoms with Crippen LogP contribution in [0.4, 0.5) is 5.69 Å². The standard InChI is InChI=1S/C16H24N2O2/c17-15-5-3-4-14(12-15)13-16(19)6-1-2-7-18-8-10-20-11-9-18/h3-5,12H,1-2,6-11,13,17H2. The molecule has 0 aromatic heterocycles. The van der Waals surface area contributed by atoms with Crippen LogP contribution in [-0.2, 0) is 16.0 Å². The van der Waals surface area contributed by atoms with E-state index in [1.54, 1.807) is 0 Å². The van der Waals surface area contributed by atoms with E-state index in [1.165, 1.54) is 0 Å². The van der Waals surface area contributed by atoms with Gasteiger partial charge in [-0.15, -0.1) is 0 Å². The van der Waals surface area contributed by atoms with Crippen molar-refractivity contribution in [2.75, 3.05) is 38.6 Å². The molecular formula is C16H24N2O2. The molecule has 0 amide bonds. The number of nitrogens with zero attached hydrogens (tertiary/aromatic N) is 1. The van der Waals surface area contributed by atoms with Gasteiger partial charge in [0.1, 0.15) is 5.78 Å². The number of nitrogens with two attached hydrogens (primary N) is 1. The van der Waals surface area contributed by atoms with E-state index >= 15 is 0 Å². The van der Waals surface area contributed by atoms with E-state index in [4.69, 9.17) is 10.5 Å². The number of rotatable bonds is 7. The Hall–Kier alpha value is -1.39. The molecule has 4 heteroatoms. The van der Waals surface area contributed by atoms with Gasteiger partial charge in [-0.25, -0.2) is 0 Å². The van der Waals surface area contributed by atoms with Crippen molar-refractivity contribution >= 4 is 11.5 Å². The van der Waals surface area contributed by atoms with Gasteiger partial charge in [-0.2, -0.15) is 0 Å². The molecule has 0 spiro atoms. The SMILES string of the molecule is Nc1cccc(CC(=O)CCCCN2CCOCC2)c1. The Morgan fingerprint density at radius 2 is 2.05 bits per heavy atom. The molecule has 4 nitrogen and oxygen atoms in total. The monoisotopic (exact) mass is 276 g/mol. The fraction of sp³-hybridized carbons (Fsp3) is 0.562. The number of nitrogen functional groups attached to an aromatic ring is 1. The number of anilines is 1. The maximum atomic E-state index is 11.9. The Labute approximate surface area is 120 Å². The summed E-state index contributed by atoms with van der Waals surface area (Å²) in [5, 5.41) is 0. The Kier molecular flexibility index (Phi) is 6.02. The molecule has 2 rings (SSSR count). The molecule has 20 heavy (non-hydrogen) atoms. The normalized spacial score (nSPS) is 16.2. The highest BCUT2D eigenvalue weighted by Gasteiger charge is 2.10. The van der Waals surface area contributed by atoms with E-state index in [9.17, 15) is 4.79 Å². The third-order valence-corrected chi connectivity index (χ3v) is 3.64. The van der Waals surface area contributed by atoms with Crippen LogP contribution in [0.1, 0.15) is 24.8 Å². The van der Waals surface area contributed by atoms with Gasteiger partial charge in [-0.05, 0) is 37.1 Å². The van der Waals surface area contributed by atoms with Gasteiger partial charge in [0, 0.05) is 31.6 Å². The second kappa shape index (κ2) is 8.02. The maximum Gasteiger partial charge on any atom is 0.137 e. The molecule has 0 atom stereocenters. The summed E-state index contributed by atoms with van der Waals surface area (Å²) in [6, 6.07) is 7.58. The summed E-state index contributed by atoms with van der Waals surface area (Å²) in [7, 11) is 0. The molecular weight excluding hydrogens is 252 g/mol. The lowest BCUT2D eigenvalue weighted by Gasteiger charge is -2.26. The maximum absolute atomic E-state index is 11.9. The number of hydrogen-bond donors (Lipinski definition) is 1. The molecule has 0 radical (unpaired) electrons. The van der Waals surface area contributed by atoms with Gasteiger partial charge in [0.15, 0.2) is 0 Å². The first-order valence-corrected chi connectivity index (χ1v) is 7.40. The summed E-state index contributed by atoms with van der Waals surface area (Å²) in [4.78, 5) is 14.3. The number of ether oxygens (including phenoxy) is 1. The van der Waals surface area contributed by atoms with Crippen LogP contribution >= 0.6 is 0 Å². The summed E-state index contributed by atoms with van der Waals surface area (Å²) in [6.07, 6.45) is 3.23. The van der Waals surface area contributed by atoms with Crippen molar-refractivity contribution in [2.45, 2.75) is 25.7 Å². The summed E-state index contributed by atoms with van der Waals surface area (Å²) < 4.78 is 5.31. The van der Waals surface area contributed by atoms with Crippen LogP contribution < -0.4 is 5.73 Å². The third kappa shape index (κ3) is 5.31. The number of carbonyl (C=O) groups excluding carboxylic acids is 1. The molecule has 0 aliphatic carbocycles. The molecule has 1 saturated heterocycles. The summed E-state index contributed by atoms with van der Waals surface area (Å²) in [5.74, 6) is 0.303. The van der Waals surface area contributed by atoms with Gasteiger partial charge < -0.3 is 10.5 Å². The zero-order valence-electron chi connectivity index (χ0n) is 12.0. The molecule has 1 aromatic rings. The molecule has 110 valence electrons. The zero-order valence-corrected chi connectivity index (χ0v) is 12.0. The van der Waals surface area contributed by atoms with Crippen molar-refractivity contribution < 1.29 is 9.53 Å². The number of ketones is 1. The minimum absolute atomic E-state index is 0.303. The van der Waals surface area contributed by atoms with E-state index in [-0.39, 0.29) is 0 Å². The van der Waals surface area contributed by atoms with E-state index < -0.39 is 0 Å². The average molecular weight is 276 g/mol.